The van der Waals surface area contributed by atoms with Gasteiger partial charge in [-0.15, -0.1) is 0 Å². The van der Waals surface area contributed by atoms with E-state index in [0.29, 0.717) is 6.61 Å². The second kappa shape index (κ2) is 4.61. The van der Waals surface area contributed by atoms with Crippen molar-refractivity contribution in [2.75, 3.05) is 11.9 Å². The van der Waals surface area contributed by atoms with Gasteiger partial charge in [0.05, 0.1) is 11.7 Å². The van der Waals surface area contributed by atoms with Crippen LogP contribution in [0.2, 0.25) is 0 Å². The molecule has 3 rings (SSSR count). The topological polar surface area (TPSA) is 21.3 Å². The summed E-state index contributed by atoms with van der Waals surface area (Å²) in [5, 5.41) is 3.58. The molecule has 1 N–H and O–H groups in total. The Morgan fingerprint density at radius 1 is 1.00 bits per heavy atom. The van der Waals surface area contributed by atoms with Crippen molar-refractivity contribution in [2.45, 2.75) is 26.8 Å². The summed E-state index contributed by atoms with van der Waals surface area (Å²) in [7, 11) is 0. The summed E-state index contributed by atoms with van der Waals surface area (Å²) in [5.74, 6) is 0.945. The molecule has 0 fully saturated rings. The van der Waals surface area contributed by atoms with Gasteiger partial charge >= 0.3 is 0 Å². The van der Waals surface area contributed by atoms with E-state index in [0.717, 1.165) is 11.4 Å². The lowest BCUT2D eigenvalue weighted by atomic mass is 9.94. The van der Waals surface area contributed by atoms with Crippen LogP contribution in [0.4, 0.5) is 5.69 Å². The molecule has 0 radical (unpaired) electrons. The third-order valence-corrected chi connectivity index (χ3v) is 4.10. The number of benzene rings is 2. The Bertz CT molecular complexity index is 619. The molecule has 0 amide bonds. The number of hydrogen-bond donors (Lipinski definition) is 1. The number of anilines is 1. The van der Waals surface area contributed by atoms with Crippen molar-refractivity contribution in [3.05, 3.63) is 58.7 Å². The Hall–Kier alpha value is -1.96. The molecule has 1 aliphatic heterocycles. The van der Waals surface area contributed by atoms with Crippen molar-refractivity contribution in [1.82, 2.24) is 0 Å². The van der Waals surface area contributed by atoms with E-state index in [9.17, 15) is 0 Å². The van der Waals surface area contributed by atoms with Crippen LogP contribution in [-0.4, -0.2) is 6.61 Å². The maximum absolute atomic E-state index is 5.85. The summed E-state index contributed by atoms with van der Waals surface area (Å²) in [6.45, 7) is 7.22. The summed E-state index contributed by atoms with van der Waals surface area (Å²) < 4.78 is 5.85. The quantitative estimate of drug-likeness (QED) is 0.824. The first-order valence-corrected chi connectivity index (χ1v) is 6.72. The van der Waals surface area contributed by atoms with Crippen LogP contribution in [0, 0.1) is 20.8 Å². The van der Waals surface area contributed by atoms with Gasteiger partial charge in [0, 0.05) is 0 Å². The molecule has 98 valence electrons. The summed E-state index contributed by atoms with van der Waals surface area (Å²) >= 11 is 0. The third-order valence-electron chi connectivity index (χ3n) is 4.10. The van der Waals surface area contributed by atoms with Gasteiger partial charge in [0.1, 0.15) is 12.4 Å². The second-order valence-corrected chi connectivity index (χ2v) is 5.23. The zero-order valence-electron chi connectivity index (χ0n) is 11.7. The molecule has 2 heteroatoms. The predicted molar refractivity (Wildman–Crippen MR) is 79.0 cm³/mol. The van der Waals surface area contributed by atoms with Gasteiger partial charge in [-0.05, 0) is 55.2 Å². The molecule has 1 atom stereocenters. The molecule has 0 bridgehead atoms. The molecule has 2 aromatic rings. The van der Waals surface area contributed by atoms with Gasteiger partial charge < -0.3 is 10.1 Å². The molecular weight excluding hydrogens is 234 g/mol. The smallest absolute Gasteiger partial charge is 0.142 e. The molecule has 19 heavy (non-hydrogen) atoms. The Morgan fingerprint density at radius 2 is 1.79 bits per heavy atom. The highest BCUT2D eigenvalue weighted by Gasteiger charge is 2.21. The average Bonchev–Trinajstić information content (AvgIpc) is 2.44. The minimum absolute atomic E-state index is 0.231. The molecule has 0 saturated carbocycles. The highest BCUT2D eigenvalue weighted by atomic mass is 16.5. The summed E-state index contributed by atoms with van der Waals surface area (Å²) in [6.07, 6.45) is 0. The number of hydrogen-bond acceptors (Lipinski definition) is 2. The van der Waals surface area contributed by atoms with E-state index in [2.05, 4.69) is 44.3 Å². The van der Waals surface area contributed by atoms with Crippen LogP contribution in [0.1, 0.15) is 28.3 Å². The van der Waals surface area contributed by atoms with Crippen molar-refractivity contribution >= 4 is 5.69 Å². The first-order valence-electron chi connectivity index (χ1n) is 6.72. The number of rotatable bonds is 1. The van der Waals surface area contributed by atoms with Crippen LogP contribution in [0.15, 0.2) is 36.4 Å². The molecular formula is C17H19NO. The van der Waals surface area contributed by atoms with Crippen LogP contribution in [0.25, 0.3) is 0 Å². The number of para-hydroxylation sites is 2. The van der Waals surface area contributed by atoms with Crippen LogP contribution in [0.5, 0.6) is 5.75 Å². The van der Waals surface area contributed by atoms with Gasteiger partial charge in [-0.2, -0.15) is 0 Å². The fourth-order valence-corrected chi connectivity index (χ4v) is 2.64. The molecule has 0 aromatic heterocycles. The Balaban J connectivity index is 1.96. The van der Waals surface area contributed by atoms with Gasteiger partial charge in [-0.1, -0.05) is 24.3 Å². The SMILES string of the molecule is Cc1ccc(C2COc3ccccc3N2)c(C)c1C. The van der Waals surface area contributed by atoms with E-state index < -0.39 is 0 Å². The van der Waals surface area contributed by atoms with E-state index in [1.54, 1.807) is 0 Å². The normalized spacial score (nSPS) is 17.3. The Kier molecular flexibility index (Phi) is 2.94. The zero-order chi connectivity index (χ0) is 13.4. The summed E-state index contributed by atoms with van der Waals surface area (Å²) in [6, 6.07) is 12.7. The number of aryl methyl sites for hydroxylation is 1. The average molecular weight is 253 g/mol. The standard InChI is InChI=1S/C17H19NO/c1-11-8-9-14(13(3)12(11)2)16-10-19-17-7-5-4-6-15(17)18-16/h4-9,16,18H,10H2,1-3H3. The first kappa shape index (κ1) is 12.1. The molecule has 0 spiro atoms. The lowest BCUT2D eigenvalue weighted by molar-refractivity contribution is 0.286. The predicted octanol–water partition coefficient (Wildman–Crippen LogP) is 4.16. The first-order chi connectivity index (χ1) is 9.16. The summed E-state index contributed by atoms with van der Waals surface area (Å²) in [4.78, 5) is 0. The van der Waals surface area contributed by atoms with Crippen molar-refractivity contribution in [3.8, 4) is 5.75 Å². The van der Waals surface area contributed by atoms with Gasteiger partial charge in [0.25, 0.3) is 0 Å². The van der Waals surface area contributed by atoms with Gasteiger partial charge in [-0.25, -0.2) is 0 Å². The number of nitrogens with one attached hydrogen (secondary N) is 1. The molecule has 2 nitrogen and oxygen atoms in total. The molecule has 2 aromatic carbocycles. The van der Waals surface area contributed by atoms with E-state index in [4.69, 9.17) is 4.74 Å². The fraction of sp³-hybridized carbons (Fsp3) is 0.294. The van der Waals surface area contributed by atoms with Gasteiger partial charge in [0.2, 0.25) is 0 Å². The van der Waals surface area contributed by atoms with E-state index in [1.807, 2.05) is 18.2 Å². The number of ether oxygens (including phenoxy) is 1. The monoisotopic (exact) mass is 253 g/mol. The van der Waals surface area contributed by atoms with E-state index in [1.165, 1.54) is 22.3 Å². The maximum atomic E-state index is 5.85. The number of fused-ring (bicyclic) bond motifs is 1. The van der Waals surface area contributed by atoms with E-state index >= 15 is 0 Å². The lowest BCUT2D eigenvalue weighted by Gasteiger charge is -2.29. The third kappa shape index (κ3) is 2.07. The van der Waals surface area contributed by atoms with Crippen molar-refractivity contribution in [2.24, 2.45) is 0 Å². The van der Waals surface area contributed by atoms with Crippen molar-refractivity contribution < 1.29 is 4.74 Å². The van der Waals surface area contributed by atoms with Gasteiger partial charge in [0.15, 0.2) is 0 Å². The molecule has 1 aliphatic rings. The Labute approximate surface area is 114 Å². The fourth-order valence-electron chi connectivity index (χ4n) is 2.64. The lowest BCUT2D eigenvalue weighted by Crippen LogP contribution is -2.24. The second-order valence-electron chi connectivity index (χ2n) is 5.23. The van der Waals surface area contributed by atoms with Crippen LogP contribution in [-0.2, 0) is 0 Å². The van der Waals surface area contributed by atoms with Crippen molar-refractivity contribution in [1.29, 1.82) is 0 Å². The highest BCUT2D eigenvalue weighted by Crippen LogP contribution is 2.35. The highest BCUT2D eigenvalue weighted by molar-refractivity contribution is 5.59. The van der Waals surface area contributed by atoms with Crippen LogP contribution in [0.3, 0.4) is 0 Å². The molecule has 1 unspecified atom stereocenters. The zero-order valence-corrected chi connectivity index (χ0v) is 11.7. The molecule has 1 heterocycles. The molecule has 0 saturated heterocycles. The largest absolute Gasteiger partial charge is 0.489 e. The summed E-state index contributed by atoms with van der Waals surface area (Å²) in [5.41, 5.74) is 6.49. The minimum Gasteiger partial charge on any atom is -0.489 e. The van der Waals surface area contributed by atoms with E-state index in [-0.39, 0.29) is 6.04 Å². The molecule has 0 aliphatic carbocycles. The minimum atomic E-state index is 0.231. The van der Waals surface area contributed by atoms with Crippen LogP contribution < -0.4 is 10.1 Å². The maximum Gasteiger partial charge on any atom is 0.142 e. The Morgan fingerprint density at radius 3 is 2.63 bits per heavy atom. The van der Waals surface area contributed by atoms with Gasteiger partial charge in [-0.3, -0.25) is 0 Å². The van der Waals surface area contributed by atoms with Crippen molar-refractivity contribution in [3.63, 3.8) is 0 Å². The van der Waals surface area contributed by atoms with Crippen LogP contribution >= 0.6 is 0 Å².